The molecule has 0 bridgehead atoms. The highest BCUT2D eigenvalue weighted by Crippen LogP contribution is 2.34. The SMILES string of the molecule is N#Cc1ccc(Br)c(OCC2(N)CC2)c1. The van der Waals surface area contributed by atoms with Crippen LogP contribution in [0.4, 0.5) is 0 Å². The van der Waals surface area contributed by atoms with Crippen molar-refractivity contribution < 1.29 is 4.74 Å². The van der Waals surface area contributed by atoms with E-state index in [1.165, 1.54) is 0 Å². The van der Waals surface area contributed by atoms with Gasteiger partial charge >= 0.3 is 0 Å². The van der Waals surface area contributed by atoms with Crippen molar-refractivity contribution in [2.45, 2.75) is 18.4 Å². The Morgan fingerprint density at radius 2 is 2.27 bits per heavy atom. The number of nitriles is 1. The standard InChI is InChI=1S/C11H11BrN2O/c12-9-2-1-8(6-13)5-10(9)15-7-11(14)3-4-11/h1-2,5H,3-4,7,14H2. The predicted octanol–water partition coefficient (Wildman–Crippen LogP) is 2.19. The summed E-state index contributed by atoms with van der Waals surface area (Å²) in [5.41, 5.74) is 6.37. The molecule has 15 heavy (non-hydrogen) atoms. The first-order valence-corrected chi connectivity index (χ1v) is 5.54. The fourth-order valence-corrected chi connectivity index (χ4v) is 1.57. The second-order valence-corrected chi connectivity index (χ2v) is 4.76. The predicted molar refractivity (Wildman–Crippen MR) is 60.5 cm³/mol. The summed E-state index contributed by atoms with van der Waals surface area (Å²) in [5.74, 6) is 0.686. The van der Waals surface area contributed by atoms with Crippen LogP contribution in [-0.2, 0) is 0 Å². The van der Waals surface area contributed by atoms with Crippen molar-refractivity contribution in [1.82, 2.24) is 0 Å². The monoisotopic (exact) mass is 266 g/mol. The van der Waals surface area contributed by atoms with E-state index in [-0.39, 0.29) is 5.54 Å². The third-order valence-corrected chi connectivity index (χ3v) is 3.12. The number of benzene rings is 1. The zero-order valence-electron chi connectivity index (χ0n) is 8.16. The van der Waals surface area contributed by atoms with Crippen molar-refractivity contribution >= 4 is 15.9 Å². The number of nitrogens with zero attached hydrogens (tertiary/aromatic N) is 1. The van der Waals surface area contributed by atoms with Gasteiger partial charge in [0.25, 0.3) is 0 Å². The van der Waals surface area contributed by atoms with E-state index >= 15 is 0 Å². The number of halogens is 1. The molecule has 1 aromatic carbocycles. The Morgan fingerprint density at radius 1 is 1.53 bits per heavy atom. The van der Waals surface area contributed by atoms with Gasteiger partial charge in [-0.05, 0) is 47.0 Å². The first-order valence-electron chi connectivity index (χ1n) is 4.74. The van der Waals surface area contributed by atoms with Gasteiger partial charge in [-0.25, -0.2) is 0 Å². The van der Waals surface area contributed by atoms with Gasteiger partial charge in [0.05, 0.1) is 21.6 Å². The molecule has 1 saturated carbocycles. The van der Waals surface area contributed by atoms with Gasteiger partial charge in [-0.2, -0.15) is 5.26 Å². The first kappa shape index (κ1) is 10.5. The molecule has 0 aliphatic heterocycles. The van der Waals surface area contributed by atoms with Crippen molar-refractivity contribution in [3.63, 3.8) is 0 Å². The molecule has 1 aliphatic rings. The molecule has 1 aliphatic carbocycles. The van der Waals surface area contributed by atoms with Gasteiger partial charge in [0, 0.05) is 0 Å². The molecule has 2 N–H and O–H groups in total. The zero-order chi connectivity index (χ0) is 10.9. The largest absolute Gasteiger partial charge is 0.490 e. The number of hydrogen-bond donors (Lipinski definition) is 1. The summed E-state index contributed by atoms with van der Waals surface area (Å²) in [5, 5.41) is 8.75. The number of hydrogen-bond acceptors (Lipinski definition) is 3. The minimum atomic E-state index is -0.137. The summed E-state index contributed by atoms with van der Waals surface area (Å²) in [4.78, 5) is 0. The summed E-state index contributed by atoms with van der Waals surface area (Å²) in [6, 6.07) is 7.35. The molecule has 0 atom stereocenters. The average molecular weight is 267 g/mol. The van der Waals surface area contributed by atoms with E-state index in [4.69, 9.17) is 15.7 Å². The van der Waals surface area contributed by atoms with Crippen LogP contribution in [0.1, 0.15) is 18.4 Å². The van der Waals surface area contributed by atoms with E-state index in [0.29, 0.717) is 17.9 Å². The molecular formula is C11H11BrN2O. The molecule has 3 nitrogen and oxygen atoms in total. The van der Waals surface area contributed by atoms with Crippen LogP contribution in [0.25, 0.3) is 0 Å². The maximum absolute atomic E-state index is 8.75. The van der Waals surface area contributed by atoms with E-state index < -0.39 is 0 Å². The van der Waals surface area contributed by atoms with Crippen molar-refractivity contribution in [3.05, 3.63) is 28.2 Å². The smallest absolute Gasteiger partial charge is 0.134 e. The fraction of sp³-hybridized carbons (Fsp3) is 0.364. The molecule has 0 spiro atoms. The Bertz CT molecular complexity index is 421. The first-order chi connectivity index (χ1) is 7.13. The highest BCUT2D eigenvalue weighted by molar-refractivity contribution is 9.10. The Labute approximate surface area is 97.0 Å². The van der Waals surface area contributed by atoms with E-state index in [2.05, 4.69) is 22.0 Å². The van der Waals surface area contributed by atoms with Crippen LogP contribution in [0, 0.1) is 11.3 Å². The van der Waals surface area contributed by atoms with Gasteiger partial charge in [0.1, 0.15) is 12.4 Å². The molecular weight excluding hydrogens is 256 g/mol. The van der Waals surface area contributed by atoms with Crippen molar-refractivity contribution in [2.24, 2.45) is 5.73 Å². The van der Waals surface area contributed by atoms with Gasteiger partial charge in [0.2, 0.25) is 0 Å². The van der Waals surface area contributed by atoms with Crippen molar-refractivity contribution in [1.29, 1.82) is 5.26 Å². The summed E-state index contributed by atoms with van der Waals surface area (Å²) >= 11 is 3.37. The molecule has 0 saturated heterocycles. The second kappa shape index (κ2) is 3.84. The molecule has 1 aromatic rings. The number of nitrogens with two attached hydrogens (primary N) is 1. The molecule has 78 valence electrons. The Kier molecular flexibility index (Phi) is 2.68. The van der Waals surface area contributed by atoms with Crippen molar-refractivity contribution in [2.75, 3.05) is 6.61 Å². The molecule has 0 amide bonds. The maximum atomic E-state index is 8.75. The van der Waals surface area contributed by atoms with Crippen LogP contribution in [0.3, 0.4) is 0 Å². The van der Waals surface area contributed by atoms with E-state index in [0.717, 1.165) is 17.3 Å². The van der Waals surface area contributed by atoms with E-state index in [9.17, 15) is 0 Å². The minimum absolute atomic E-state index is 0.137. The molecule has 4 heteroatoms. The van der Waals surface area contributed by atoms with Gasteiger partial charge in [-0.3, -0.25) is 0 Å². The molecule has 2 rings (SSSR count). The third-order valence-electron chi connectivity index (χ3n) is 2.47. The second-order valence-electron chi connectivity index (χ2n) is 3.91. The van der Waals surface area contributed by atoms with Crippen molar-refractivity contribution in [3.8, 4) is 11.8 Å². The summed E-state index contributed by atoms with van der Waals surface area (Å²) in [7, 11) is 0. The lowest BCUT2D eigenvalue weighted by atomic mass is 10.2. The Hall–Kier alpha value is -1.05. The zero-order valence-corrected chi connectivity index (χ0v) is 9.75. The third kappa shape index (κ3) is 2.49. The molecule has 1 fully saturated rings. The lowest BCUT2D eigenvalue weighted by Crippen LogP contribution is -2.29. The minimum Gasteiger partial charge on any atom is -0.490 e. The summed E-state index contributed by atoms with van der Waals surface area (Å²) in [6.45, 7) is 0.514. The molecule has 0 radical (unpaired) electrons. The molecule has 0 unspecified atom stereocenters. The average Bonchev–Trinajstić information content (AvgIpc) is 2.96. The summed E-state index contributed by atoms with van der Waals surface area (Å²) < 4.78 is 6.44. The Balaban J connectivity index is 2.09. The maximum Gasteiger partial charge on any atom is 0.134 e. The topological polar surface area (TPSA) is 59.0 Å². The van der Waals surface area contributed by atoms with Crippen LogP contribution < -0.4 is 10.5 Å². The van der Waals surface area contributed by atoms with Crippen LogP contribution in [0.2, 0.25) is 0 Å². The number of ether oxygens (including phenoxy) is 1. The van der Waals surface area contributed by atoms with E-state index in [1.54, 1.807) is 12.1 Å². The highest BCUT2D eigenvalue weighted by atomic mass is 79.9. The summed E-state index contributed by atoms with van der Waals surface area (Å²) in [6.07, 6.45) is 2.03. The van der Waals surface area contributed by atoms with Crippen LogP contribution in [-0.4, -0.2) is 12.1 Å². The Morgan fingerprint density at radius 3 is 2.87 bits per heavy atom. The molecule has 0 heterocycles. The number of rotatable bonds is 3. The lowest BCUT2D eigenvalue weighted by molar-refractivity contribution is 0.278. The lowest BCUT2D eigenvalue weighted by Gasteiger charge is -2.12. The van der Waals surface area contributed by atoms with Crippen LogP contribution in [0.5, 0.6) is 5.75 Å². The van der Waals surface area contributed by atoms with Gasteiger partial charge < -0.3 is 10.5 Å². The van der Waals surface area contributed by atoms with Gasteiger partial charge in [0.15, 0.2) is 0 Å². The molecule has 0 aromatic heterocycles. The normalized spacial score (nSPS) is 16.9. The highest BCUT2D eigenvalue weighted by Gasteiger charge is 2.39. The van der Waals surface area contributed by atoms with Crippen LogP contribution in [0.15, 0.2) is 22.7 Å². The fourth-order valence-electron chi connectivity index (χ4n) is 1.21. The van der Waals surface area contributed by atoms with E-state index in [1.807, 2.05) is 6.07 Å². The quantitative estimate of drug-likeness (QED) is 0.913. The van der Waals surface area contributed by atoms with Gasteiger partial charge in [-0.1, -0.05) is 0 Å². The van der Waals surface area contributed by atoms with Crippen LogP contribution >= 0.6 is 15.9 Å². The van der Waals surface area contributed by atoms with Gasteiger partial charge in [-0.15, -0.1) is 0 Å².